The number of hydrogen-bond acceptors (Lipinski definition) is 1. The summed E-state index contributed by atoms with van der Waals surface area (Å²) in [4.78, 5) is 0. The summed E-state index contributed by atoms with van der Waals surface area (Å²) in [5.74, 6) is 4.01. The van der Waals surface area contributed by atoms with Crippen molar-refractivity contribution in [3.63, 3.8) is 0 Å². The van der Waals surface area contributed by atoms with Gasteiger partial charge in [0.25, 0.3) is 0 Å². The quantitative estimate of drug-likeness (QED) is 0.178. The smallest absolute Gasteiger partial charge is 0.146 e. The van der Waals surface area contributed by atoms with E-state index in [1.165, 1.54) is 6.04 Å². The zero-order chi connectivity index (χ0) is 20.8. The molecule has 1 aromatic heterocycles. The van der Waals surface area contributed by atoms with Crippen LogP contribution in [0.4, 0.5) is 0 Å². The number of rotatable bonds is 9. The van der Waals surface area contributed by atoms with Crippen LogP contribution in [0, 0.1) is 11.5 Å². The van der Waals surface area contributed by atoms with Crippen LogP contribution < -0.4 is 0 Å². The Morgan fingerprint density at radius 2 is 1.59 bits per heavy atom. The Balaban J connectivity index is 3.03. The van der Waals surface area contributed by atoms with Crippen LogP contribution in [0.1, 0.15) is 52.8 Å². The van der Waals surface area contributed by atoms with Crippen molar-refractivity contribution in [3.05, 3.63) is 23.5 Å². The Bertz CT molecular complexity index is 626. The second kappa shape index (κ2) is 10.3. The number of halogens is 1. The van der Waals surface area contributed by atoms with E-state index < -0.39 is 16.1 Å². The van der Waals surface area contributed by atoms with Crippen molar-refractivity contribution in [2.45, 2.75) is 96.5 Å². The van der Waals surface area contributed by atoms with E-state index in [1.54, 1.807) is 0 Å². The standard InChI is InChI=1S/C22H40ClNOSi2/c1-18(2)27(19(3)4,20(5)6)14-11-21-10-12-24(22(21)16-23)17-25-13-15-26(7,8)9/h10,12,18-20H,13,15-17H2,1-9H3. The van der Waals surface area contributed by atoms with Gasteiger partial charge in [-0.05, 0) is 28.7 Å². The molecular weight excluding hydrogens is 386 g/mol. The van der Waals surface area contributed by atoms with Gasteiger partial charge in [0.05, 0.1) is 11.6 Å². The minimum absolute atomic E-state index is 0.466. The second-order valence-electron chi connectivity index (χ2n) is 9.77. The molecule has 0 amide bonds. The molecule has 0 aliphatic heterocycles. The molecule has 0 spiro atoms. The van der Waals surface area contributed by atoms with Crippen LogP contribution in [0.5, 0.6) is 0 Å². The van der Waals surface area contributed by atoms with Gasteiger partial charge in [-0.2, -0.15) is 0 Å². The molecule has 0 aromatic carbocycles. The highest BCUT2D eigenvalue weighted by molar-refractivity contribution is 6.90. The molecule has 0 aliphatic carbocycles. The average molecular weight is 426 g/mol. The van der Waals surface area contributed by atoms with Gasteiger partial charge in [0.2, 0.25) is 0 Å². The van der Waals surface area contributed by atoms with Crippen molar-refractivity contribution in [1.29, 1.82) is 0 Å². The fraction of sp³-hybridized carbons (Fsp3) is 0.727. The van der Waals surface area contributed by atoms with Crippen molar-refractivity contribution in [2.24, 2.45) is 0 Å². The summed E-state index contributed by atoms with van der Waals surface area (Å²) >= 11 is 6.28. The van der Waals surface area contributed by atoms with Crippen LogP contribution in [0.2, 0.25) is 42.3 Å². The van der Waals surface area contributed by atoms with E-state index >= 15 is 0 Å². The third kappa shape index (κ3) is 6.53. The van der Waals surface area contributed by atoms with Crippen molar-refractivity contribution < 1.29 is 4.74 Å². The lowest BCUT2D eigenvalue weighted by molar-refractivity contribution is 0.0860. The van der Waals surface area contributed by atoms with Crippen LogP contribution in [-0.2, 0) is 17.3 Å². The number of nitrogens with zero attached hydrogens (tertiary/aromatic N) is 1. The molecule has 0 unspecified atom stereocenters. The first-order valence-electron chi connectivity index (χ1n) is 10.3. The van der Waals surface area contributed by atoms with Gasteiger partial charge in [0.1, 0.15) is 14.8 Å². The van der Waals surface area contributed by atoms with Gasteiger partial charge in [0.15, 0.2) is 0 Å². The second-order valence-corrected chi connectivity index (χ2v) is 21.2. The van der Waals surface area contributed by atoms with Crippen LogP contribution in [0.15, 0.2) is 12.3 Å². The first-order valence-corrected chi connectivity index (χ1v) is 16.8. The van der Waals surface area contributed by atoms with Gasteiger partial charge >= 0.3 is 0 Å². The summed E-state index contributed by atoms with van der Waals surface area (Å²) in [6, 6.07) is 3.29. The lowest BCUT2D eigenvalue weighted by Gasteiger charge is -2.38. The SMILES string of the molecule is CC(C)[Si](C#Cc1ccn(COCC[Si](C)(C)C)c1CCl)(C(C)C)C(C)C. The van der Waals surface area contributed by atoms with Crippen molar-refractivity contribution in [1.82, 2.24) is 4.57 Å². The molecule has 0 saturated heterocycles. The maximum absolute atomic E-state index is 6.28. The Kier molecular flexibility index (Phi) is 9.41. The summed E-state index contributed by atoms with van der Waals surface area (Å²) in [6.45, 7) is 22.6. The lowest BCUT2D eigenvalue weighted by Crippen LogP contribution is -2.43. The molecule has 1 heterocycles. The normalized spacial score (nSPS) is 12.8. The topological polar surface area (TPSA) is 14.2 Å². The summed E-state index contributed by atoms with van der Waals surface area (Å²) in [5.41, 5.74) is 7.86. The zero-order valence-corrected chi connectivity index (χ0v) is 21.7. The maximum Gasteiger partial charge on any atom is 0.146 e. The van der Waals surface area contributed by atoms with Gasteiger partial charge in [0, 0.05) is 26.4 Å². The van der Waals surface area contributed by atoms with Crippen LogP contribution >= 0.6 is 11.6 Å². The number of hydrogen-bond donors (Lipinski definition) is 0. The van der Waals surface area contributed by atoms with Crippen LogP contribution in [0.25, 0.3) is 0 Å². The molecular formula is C22H40ClNOSi2. The highest BCUT2D eigenvalue weighted by Gasteiger charge is 2.41. The minimum Gasteiger partial charge on any atom is -0.361 e. The average Bonchev–Trinajstić information content (AvgIpc) is 2.92. The number of aromatic nitrogens is 1. The van der Waals surface area contributed by atoms with Gasteiger partial charge in [-0.15, -0.1) is 17.1 Å². The Morgan fingerprint density at radius 3 is 2.04 bits per heavy atom. The molecule has 2 nitrogen and oxygen atoms in total. The molecule has 27 heavy (non-hydrogen) atoms. The Labute approximate surface area is 175 Å². The molecule has 0 radical (unpaired) electrons. The molecule has 1 aromatic rings. The van der Waals surface area contributed by atoms with Crippen LogP contribution in [-0.4, -0.2) is 27.3 Å². The lowest BCUT2D eigenvalue weighted by atomic mass is 10.3. The third-order valence-corrected chi connectivity index (χ3v) is 14.0. The molecule has 154 valence electrons. The largest absolute Gasteiger partial charge is 0.361 e. The fourth-order valence-electron chi connectivity index (χ4n) is 4.04. The molecule has 0 fully saturated rings. The number of ether oxygens (including phenoxy) is 1. The van der Waals surface area contributed by atoms with E-state index in [1.807, 2.05) is 0 Å². The first-order chi connectivity index (χ1) is 12.5. The molecule has 1 rings (SSSR count). The predicted octanol–water partition coefficient (Wildman–Crippen LogP) is 7.11. The van der Waals surface area contributed by atoms with E-state index in [0.29, 0.717) is 29.2 Å². The van der Waals surface area contributed by atoms with Gasteiger partial charge in [-0.3, -0.25) is 0 Å². The molecule has 0 saturated carbocycles. The van der Waals surface area contributed by atoms with E-state index in [4.69, 9.17) is 16.3 Å². The van der Waals surface area contributed by atoms with E-state index in [2.05, 4.69) is 89.5 Å². The highest BCUT2D eigenvalue weighted by atomic mass is 35.5. The summed E-state index contributed by atoms with van der Waals surface area (Å²) < 4.78 is 8.03. The van der Waals surface area contributed by atoms with E-state index in [9.17, 15) is 0 Å². The minimum atomic E-state index is -1.73. The Morgan fingerprint density at radius 1 is 1.04 bits per heavy atom. The molecule has 0 atom stereocenters. The summed E-state index contributed by atoms with van der Waals surface area (Å²) in [5, 5.41) is 0. The Hall–Kier alpha value is -0.476. The summed E-state index contributed by atoms with van der Waals surface area (Å²) in [6.07, 6.45) is 2.07. The van der Waals surface area contributed by atoms with Gasteiger partial charge in [-0.1, -0.05) is 67.1 Å². The van der Waals surface area contributed by atoms with Gasteiger partial charge in [-0.25, -0.2) is 0 Å². The highest BCUT2D eigenvalue weighted by Crippen LogP contribution is 2.40. The third-order valence-electron chi connectivity index (χ3n) is 5.71. The predicted molar refractivity (Wildman–Crippen MR) is 126 cm³/mol. The van der Waals surface area contributed by atoms with Crippen molar-refractivity contribution in [2.75, 3.05) is 6.61 Å². The monoisotopic (exact) mass is 425 g/mol. The molecule has 0 aliphatic rings. The summed E-state index contributed by atoms with van der Waals surface area (Å²) in [7, 11) is -2.79. The van der Waals surface area contributed by atoms with Gasteiger partial charge < -0.3 is 9.30 Å². The molecule has 0 N–H and O–H groups in total. The molecule has 0 bridgehead atoms. The zero-order valence-electron chi connectivity index (χ0n) is 18.9. The first kappa shape index (κ1) is 24.6. The maximum atomic E-state index is 6.28. The van der Waals surface area contributed by atoms with E-state index in [-0.39, 0.29) is 0 Å². The van der Waals surface area contributed by atoms with Crippen molar-refractivity contribution >= 4 is 27.7 Å². The molecule has 5 heteroatoms. The fourth-order valence-corrected chi connectivity index (χ4v) is 10.3. The van der Waals surface area contributed by atoms with Crippen molar-refractivity contribution in [3.8, 4) is 11.5 Å². The van der Waals surface area contributed by atoms with E-state index in [0.717, 1.165) is 17.9 Å². The number of alkyl halides is 1. The van der Waals surface area contributed by atoms with Crippen LogP contribution in [0.3, 0.4) is 0 Å².